The van der Waals surface area contributed by atoms with Gasteiger partial charge < -0.3 is 9.42 Å². The van der Waals surface area contributed by atoms with Crippen molar-refractivity contribution in [2.24, 2.45) is 0 Å². The molecule has 4 rings (SSSR count). The first-order valence-corrected chi connectivity index (χ1v) is 11.0. The number of aromatic nitrogens is 2. The summed E-state index contributed by atoms with van der Waals surface area (Å²) in [5.41, 5.74) is 4.35. The fraction of sp³-hybridized carbons (Fsp3) is 0.348. The van der Waals surface area contributed by atoms with Crippen LogP contribution in [0, 0.1) is 6.92 Å². The largest absolute Gasteiger partial charge is 0.340 e. The molecule has 5 nitrogen and oxygen atoms in total. The van der Waals surface area contributed by atoms with Crippen molar-refractivity contribution in [2.45, 2.75) is 50.2 Å². The summed E-state index contributed by atoms with van der Waals surface area (Å²) in [6, 6.07) is 14.3. The molecule has 0 radical (unpaired) electrons. The summed E-state index contributed by atoms with van der Waals surface area (Å²) in [7, 11) is 0. The third-order valence-electron chi connectivity index (χ3n) is 5.18. The summed E-state index contributed by atoms with van der Waals surface area (Å²) in [6.07, 6.45) is 2.00. The van der Waals surface area contributed by atoms with Gasteiger partial charge in [-0.2, -0.15) is 4.98 Å². The van der Waals surface area contributed by atoms with E-state index in [-0.39, 0.29) is 5.91 Å². The van der Waals surface area contributed by atoms with Crippen LogP contribution in [0.1, 0.15) is 59.4 Å². The Labute approximate surface area is 175 Å². The molecule has 0 bridgehead atoms. The van der Waals surface area contributed by atoms with E-state index in [2.05, 4.69) is 42.2 Å². The maximum absolute atomic E-state index is 13.5. The third kappa shape index (κ3) is 4.22. The van der Waals surface area contributed by atoms with Crippen LogP contribution in [-0.4, -0.2) is 22.6 Å². The minimum absolute atomic E-state index is 0.0515. The van der Waals surface area contributed by atoms with Crippen LogP contribution in [0.25, 0.3) is 0 Å². The van der Waals surface area contributed by atoms with Crippen LogP contribution in [0.5, 0.6) is 0 Å². The maximum Gasteiger partial charge on any atom is 0.259 e. The Morgan fingerprint density at radius 1 is 1.24 bits per heavy atom. The van der Waals surface area contributed by atoms with Crippen molar-refractivity contribution >= 4 is 23.4 Å². The Kier molecular flexibility index (Phi) is 5.72. The first kappa shape index (κ1) is 19.7. The quantitative estimate of drug-likeness (QED) is 0.531. The highest BCUT2D eigenvalue weighted by atomic mass is 32.2. The molecule has 29 heavy (non-hydrogen) atoms. The minimum atomic E-state index is 0.0515. The lowest BCUT2D eigenvalue weighted by molar-refractivity contribution is 0.0982. The number of carbonyl (C=O) groups is 1. The third-order valence-corrected chi connectivity index (χ3v) is 6.25. The number of hydrogen-bond donors (Lipinski definition) is 0. The van der Waals surface area contributed by atoms with Crippen LogP contribution in [0.4, 0.5) is 5.69 Å². The zero-order chi connectivity index (χ0) is 20.4. The lowest BCUT2D eigenvalue weighted by atomic mass is 9.94. The van der Waals surface area contributed by atoms with Gasteiger partial charge in [-0.1, -0.05) is 43.3 Å². The molecule has 1 aliphatic rings. The molecule has 0 unspecified atom stereocenters. The summed E-state index contributed by atoms with van der Waals surface area (Å²) in [5, 5.41) is 3.95. The van der Waals surface area contributed by atoms with E-state index in [1.807, 2.05) is 29.2 Å². The van der Waals surface area contributed by atoms with Gasteiger partial charge in [-0.15, -0.1) is 11.8 Å². The number of aryl methyl sites for hydroxylation is 2. The van der Waals surface area contributed by atoms with Crippen molar-refractivity contribution in [2.75, 3.05) is 11.4 Å². The maximum atomic E-state index is 13.5. The highest BCUT2D eigenvalue weighted by Gasteiger charge is 2.25. The second-order valence-electron chi connectivity index (χ2n) is 7.62. The van der Waals surface area contributed by atoms with Gasteiger partial charge in [0.05, 0.1) is 11.3 Å². The molecule has 1 aromatic heterocycles. The lowest BCUT2D eigenvalue weighted by Gasteiger charge is -2.30. The predicted octanol–water partition coefficient (Wildman–Crippen LogP) is 5.39. The number of fused-ring (bicyclic) bond motifs is 1. The monoisotopic (exact) mass is 407 g/mol. The number of nitrogens with zero attached hydrogens (tertiary/aromatic N) is 3. The molecule has 0 saturated carbocycles. The number of hydrogen-bond acceptors (Lipinski definition) is 5. The van der Waals surface area contributed by atoms with Crippen LogP contribution >= 0.6 is 11.8 Å². The van der Waals surface area contributed by atoms with E-state index in [0.29, 0.717) is 23.4 Å². The van der Waals surface area contributed by atoms with Gasteiger partial charge >= 0.3 is 0 Å². The molecule has 6 heteroatoms. The van der Waals surface area contributed by atoms with Gasteiger partial charge in [0.1, 0.15) is 0 Å². The van der Waals surface area contributed by atoms with Gasteiger partial charge in [-0.3, -0.25) is 4.79 Å². The Bertz CT molecular complexity index is 1030. The van der Waals surface area contributed by atoms with Crippen LogP contribution < -0.4 is 4.90 Å². The molecule has 1 aliphatic heterocycles. The van der Waals surface area contributed by atoms with Crippen LogP contribution in [-0.2, 0) is 12.2 Å². The Morgan fingerprint density at radius 3 is 2.83 bits per heavy atom. The van der Waals surface area contributed by atoms with E-state index < -0.39 is 0 Å². The smallest absolute Gasteiger partial charge is 0.259 e. The van der Waals surface area contributed by atoms with Crippen molar-refractivity contribution in [1.29, 1.82) is 0 Å². The summed E-state index contributed by atoms with van der Waals surface area (Å²) in [5.74, 6) is 2.29. The molecule has 0 saturated heterocycles. The van der Waals surface area contributed by atoms with Crippen molar-refractivity contribution in [3.63, 3.8) is 0 Å². The molecule has 0 aliphatic carbocycles. The first-order chi connectivity index (χ1) is 14.0. The van der Waals surface area contributed by atoms with E-state index in [9.17, 15) is 4.79 Å². The Morgan fingerprint density at radius 2 is 2.07 bits per heavy atom. The Hall–Kier alpha value is -2.60. The molecule has 150 valence electrons. The summed E-state index contributed by atoms with van der Waals surface area (Å²) >= 11 is 1.56. The summed E-state index contributed by atoms with van der Waals surface area (Å²) in [4.78, 5) is 20.6. The van der Waals surface area contributed by atoms with Gasteiger partial charge in [0, 0.05) is 24.1 Å². The van der Waals surface area contributed by atoms with Crippen LogP contribution in [0.3, 0.4) is 0 Å². The fourth-order valence-electron chi connectivity index (χ4n) is 3.64. The number of benzene rings is 2. The van der Waals surface area contributed by atoms with Crippen molar-refractivity contribution in [1.82, 2.24) is 10.1 Å². The van der Waals surface area contributed by atoms with Crippen molar-refractivity contribution < 1.29 is 9.32 Å². The van der Waals surface area contributed by atoms with Crippen molar-refractivity contribution in [3.05, 3.63) is 70.9 Å². The molecule has 2 aromatic carbocycles. The Balaban J connectivity index is 1.59. The molecule has 1 amide bonds. The number of carbonyl (C=O) groups excluding carboxylic acids is 1. The minimum Gasteiger partial charge on any atom is -0.340 e. The first-order valence-electron chi connectivity index (χ1n) is 9.98. The average molecular weight is 408 g/mol. The van der Waals surface area contributed by atoms with Gasteiger partial charge in [-0.05, 0) is 48.1 Å². The molecule has 0 atom stereocenters. The number of rotatable bonds is 5. The summed E-state index contributed by atoms with van der Waals surface area (Å²) < 4.78 is 5.04. The van der Waals surface area contributed by atoms with Crippen LogP contribution in [0.2, 0.25) is 0 Å². The van der Waals surface area contributed by atoms with E-state index in [1.54, 1.807) is 18.7 Å². The zero-order valence-electron chi connectivity index (χ0n) is 17.0. The van der Waals surface area contributed by atoms with E-state index >= 15 is 0 Å². The summed E-state index contributed by atoms with van der Waals surface area (Å²) in [6.45, 7) is 6.92. The standard InChI is InChI=1S/C23H25N3O2S/c1-15(2)17-10-11-20-18(13-17)7-6-12-26(20)23(27)19-8-4-5-9-21(19)29-14-22-24-16(3)28-25-22/h4-5,8-11,13,15H,6-7,12,14H2,1-3H3. The fourth-order valence-corrected chi connectivity index (χ4v) is 4.53. The van der Waals surface area contributed by atoms with Gasteiger partial charge in [0.2, 0.25) is 5.89 Å². The molecule has 2 heterocycles. The molecule has 0 N–H and O–H groups in total. The molecule has 0 fully saturated rings. The van der Waals surface area contributed by atoms with Crippen LogP contribution in [0.15, 0.2) is 51.9 Å². The normalized spacial score (nSPS) is 13.6. The van der Waals surface area contributed by atoms with E-state index in [1.165, 1.54) is 11.1 Å². The second-order valence-corrected chi connectivity index (χ2v) is 8.63. The second kappa shape index (κ2) is 8.41. The SMILES string of the molecule is Cc1nc(CSc2ccccc2C(=O)N2CCCc3cc(C(C)C)ccc32)no1. The zero-order valence-corrected chi connectivity index (χ0v) is 17.8. The number of anilines is 1. The van der Waals surface area contributed by atoms with E-state index in [4.69, 9.17) is 4.52 Å². The lowest BCUT2D eigenvalue weighted by Crippen LogP contribution is -2.35. The van der Waals surface area contributed by atoms with E-state index in [0.717, 1.165) is 35.5 Å². The van der Waals surface area contributed by atoms with Gasteiger partial charge in [0.15, 0.2) is 5.82 Å². The molecule has 0 spiro atoms. The molecule has 3 aromatic rings. The van der Waals surface area contributed by atoms with Crippen molar-refractivity contribution in [3.8, 4) is 0 Å². The highest BCUT2D eigenvalue weighted by Crippen LogP contribution is 2.33. The average Bonchev–Trinajstić information content (AvgIpc) is 3.16. The predicted molar refractivity (Wildman–Crippen MR) is 116 cm³/mol. The molecular formula is C23H25N3O2S. The topological polar surface area (TPSA) is 59.2 Å². The highest BCUT2D eigenvalue weighted by molar-refractivity contribution is 7.98. The van der Waals surface area contributed by atoms with Gasteiger partial charge in [0.25, 0.3) is 5.91 Å². The number of amides is 1. The number of thioether (sulfide) groups is 1. The van der Waals surface area contributed by atoms with Gasteiger partial charge in [-0.25, -0.2) is 0 Å². The molecular weight excluding hydrogens is 382 g/mol.